The maximum absolute atomic E-state index is 13.2. The molecule has 0 fully saturated rings. The van der Waals surface area contributed by atoms with Gasteiger partial charge in [-0.3, -0.25) is 14.9 Å². The summed E-state index contributed by atoms with van der Waals surface area (Å²) in [6, 6.07) is 2.04. The molecule has 0 heterocycles. The van der Waals surface area contributed by atoms with Gasteiger partial charge in [0, 0.05) is 10.5 Å². The molecule has 0 aliphatic rings. The zero-order chi connectivity index (χ0) is 10.9. The quantitative estimate of drug-likeness (QED) is 0.476. The molecule has 0 bridgehead atoms. The number of hydrogen-bond acceptors (Lipinski definition) is 3. The summed E-state index contributed by atoms with van der Waals surface area (Å²) in [6.07, 6.45) is 0. The van der Waals surface area contributed by atoms with Crippen LogP contribution in [0.1, 0.15) is 10.4 Å². The summed E-state index contributed by atoms with van der Waals surface area (Å²) < 4.78 is 13.4. The van der Waals surface area contributed by atoms with E-state index in [9.17, 15) is 19.3 Å². The van der Waals surface area contributed by atoms with Crippen molar-refractivity contribution in [3.8, 4) is 0 Å². The van der Waals surface area contributed by atoms with Crippen molar-refractivity contribution in [3.05, 3.63) is 38.1 Å². The van der Waals surface area contributed by atoms with Crippen molar-refractivity contribution in [3.63, 3.8) is 0 Å². The van der Waals surface area contributed by atoms with E-state index >= 15 is 0 Å². The number of carbonyl (C=O) groups is 1. The first kappa shape index (κ1) is 11.1. The Kier molecular flexibility index (Phi) is 3.17. The summed E-state index contributed by atoms with van der Waals surface area (Å²) in [6.45, 7) is 0. The fourth-order valence-corrected chi connectivity index (χ4v) is 1.43. The molecule has 0 saturated heterocycles. The van der Waals surface area contributed by atoms with Gasteiger partial charge in [-0.1, -0.05) is 15.9 Å². The van der Waals surface area contributed by atoms with Crippen molar-refractivity contribution in [2.24, 2.45) is 0 Å². The monoisotopic (exact) mass is 281 g/mol. The van der Waals surface area contributed by atoms with E-state index in [1.165, 1.54) is 0 Å². The first-order valence-corrected chi connectivity index (χ1v) is 4.44. The third kappa shape index (κ3) is 2.08. The average molecular weight is 282 g/mol. The molecular weight excluding hydrogens is 280 g/mol. The van der Waals surface area contributed by atoms with E-state index in [1.54, 1.807) is 0 Å². The molecule has 0 radical (unpaired) electrons. The number of nitro benzene ring substituents is 1. The van der Waals surface area contributed by atoms with Crippen molar-refractivity contribution in [2.45, 2.75) is 0 Å². The molecule has 1 rings (SSSR count). The normalized spacial score (nSPS) is 9.93. The number of rotatable bonds is 2. The van der Waals surface area contributed by atoms with Gasteiger partial charge in [0.1, 0.15) is 0 Å². The lowest BCUT2D eigenvalue weighted by Crippen LogP contribution is -2.00. The Hall–Kier alpha value is -1.01. The van der Waals surface area contributed by atoms with E-state index in [2.05, 4.69) is 15.9 Å². The van der Waals surface area contributed by atoms with Crippen LogP contribution < -0.4 is 0 Å². The average Bonchev–Trinajstić information content (AvgIpc) is 2.07. The van der Waals surface area contributed by atoms with Crippen molar-refractivity contribution in [1.29, 1.82) is 0 Å². The zero-order valence-electron chi connectivity index (χ0n) is 6.46. The standard InChI is InChI=1S/C7H2BrClFNO3/c8-3-1-4(7(9)12)6(10)5(2-3)11(13)14/h1-2H. The third-order valence-electron chi connectivity index (χ3n) is 1.43. The molecular formula is C7H2BrClFNO3. The van der Waals surface area contributed by atoms with E-state index in [0.29, 0.717) is 0 Å². The highest BCUT2D eigenvalue weighted by Gasteiger charge is 2.22. The highest BCUT2D eigenvalue weighted by molar-refractivity contribution is 9.10. The fraction of sp³-hybridized carbons (Fsp3) is 0. The van der Waals surface area contributed by atoms with Gasteiger partial charge >= 0.3 is 5.69 Å². The lowest BCUT2D eigenvalue weighted by molar-refractivity contribution is -0.387. The highest BCUT2D eigenvalue weighted by atomic mass is 79.9. The SMILES string of the molecule is O=C(Cl)c1cc(Br)cc([N+](=O)[O-])c1F. The van der Waals surface area contributed by atoms with Crippen LogP contribution in [-0.4, -0.2) is 10.2 Å². The van der Waals surface area contributed by atoms with E-state index in [4.69, 9.17) is 11.6 Å². The number of carbonyl (C=O) groups excluding carboxylic acids is 1. The van der Waals surface area contributed by atoms with Gasteiger partial charge in [0.05, 0.1) is 10.5 Å². The summed E-state index contributed by atoms with van der Waals surface area (Å²) in [4.78, 5) is 20.1. The molecule has 0 atom stereocenters. The van der Waals surface area contributed by atoms with Crippen molar-refractivity contribution in [2.75, 3.05) is 0 Å². The van der Waals surface area contributed by atoms with Gasteiger partial charge in [0.2, 0.25) is 5.82 Å². The van der Waals surface area contributed by atoms with Crippen LogP contribution in [0.25, 0.3) is 0 Å². The molecule has 1 aromatic carbocycles. The van der Waals surface area contributed by atoms with E-state index in [-0.39, 0.29) is 4.47 Å². The first-order chi connectivity index (χ1) is 6.43. The van der Waals surface area contributed by atoms with Crippen LogP contribution >= 0.6 is 27.5 Å². The minimum absolute atomic E-state index is 0.217. The number of nitro groups is 1. The van der Waals surface area contributed by atoms with Crippen molar-refractivity contribution >= 4 is 38.5 Å². The summed E-state index contributed by atoms with van der Waals surface area (Å²) in [5.41, 5.74) is -1.31. The van der Waals surface area contributed by atoms with Crippen molar-refractivity contribution < 1.29 is 14.1 Å². The molecule has 1 aromatic rings. The van der Waals surface area contributed by atoms with Crippen LogP contribution in [-0.2, 0) is 0 Å². The Morgan fingerprint density at radius 2 is 2.14 bits per heavy atom. The van der Waals surface area contributed by atoms with Crippen LogP contribution in [0, 0.1) is 15.9 Å². The Morgan fingerprint density at radius 3 is 2.57 bits per heavy atom. The molecule has 74 valence electrons. The smallest absolute Gasteiger partial charge is 0.275 e. The topological polar surface area (TPSA) is 60.2 Å². The molecule has 7 heteroatoms. The first-order valence-electron chi connectivity index (χ1n) is 3.26. The number of hydrogen-bond donors (Lipinski definition) is 0. The van der Waals surface area contributed by atoms with Crippen LogP contribution in [0.4, 0.5) is 10.1 Å². The molecule has 0 aromatic heterocycles. The van der Waals surface area contributed by atoms with Crippen LogP contribution in [0.5, 0.6) is 0 Å². The lowest BCUT2D eigenvalue weighted by atomic mass is 10.2. The zero-order valence-corrected chi connectivity index (χ0v) is 8.80. The van der Waals surface area contributed by atoms with E-state index in [0.717, 1.165) is 12.1 Å². The summed E-state index contributed by atoms with van der Waals surface area (Å²) in [7, 11) is 0. The number of benzene rings is 1. The predicted molar refractivity (Wildman–Crippen MR) is 50.9 cm³/mol. The molecule has 14 heavy (non-hydrogen) atoms. The molecule has 0 aliphatic carbocycles. The van der Waals surface area contributed by atoms with Gasteiger partial charge in [0.15, 0.2) is 0 Å². The Balaban J connectivity index is 3.47. The number of nitrogens with zero attached hydrogens (tertiary/aromatic N) is 1. The van der Waals surface area contributed by atoms with Crippen LogP contribution in [0.2, 0.25) is 0 Å². The largest absolute Gasteiger partial charge is 0.306 e. The van der Waals surface area contributed by atoms with Crippen LogP contribution in [0.15, 0.2) is 16.6 Å². The lowest BCUT2D eigenvalue weighted by Gasteiger charge is -1.99. The minimum atomic E-state index is -1.22. The minimum Gasteiger partial charge on any atom is -0.275 e. The Labute approximate surface area is 90.9 Å². The summed E-state index contributed by atoms with van der Waals surface area (Å²) in [5, 5.41) is 9.26. The van der Waals surface area contributed by atoms with Crippen LogP contribution in [0.3, 0.4) is 0 Å². The summed E-state index contributed by atoms with van der Waals surface area (Å²) in [5.74, 6) is -1.22. The molecule has 0 amide bonds. The second-order valence-electron chi connectivity index (χ2n) is 2.32. The molecule has 0 aliphatic heterocycles. The fourth-order valence-electron chi connectivity index (χ4n) is 0.851. The highest BCUT2D eigenvalue weighted by Crippen LogP contribution is 2.26. The Morgan fingerprint density at radius 1 is 1.57 bits per heavy atom. The predicted octanol–water partition coefficient (Wildman–Crippen LogP) is 2.88. The summed E-state index contributed by atoms with van der Waals surface area (Å²) >= 11 is 7.94. The van der Waals surface area contributed by atoms with E-state index < -0.39 is 27.2 Å². The second kappa shape index (κ2) is 4.02. The third-order valence-corrected chi connectivity index (χ3v) is 2.09. The molecule has 0 unspecified atom stereocenters. The Bertz CT molecular complexity index is 388. The maximum atomic E-state index is 13.2. The van der Waals surface area contributed by atoms with Gasteiger partial charge in [-0.2, -0.15) is 4.39 Å². The maximum Gasteiger partial charge on any atom is 0.306 e. The van der Waals surface area contributed by atoms with Gasteiger partial charge in [-0.05, 0) is 17.7 Å². The molecule has 4 nitrogen and oxygen atoms in total. The van der Waals surface area contributed by atoms with Crippen molar-refractivity contribution in [1.82, 2.24) is 0 Å². The number of halogens is 3. The molecule has 0 N–H and O–H groups in total. The van der Waals surface area contributed by atoms with Gasteiger partial charge in [-0.25, -0.2) is 0 Å². The van der Waals surface area contributed by atoms with E-state index in [1.807, 2.05) is 0 Å². The van der Waals surface area contributed by atoms with Gasteiger partial charge in [-0.15, -0.1) is 0 Å². The molecule has 0 spiro atoms. The van der Waals surface area contributed by atoms with Gasteiger partial charge in [0.25, 0.3) is 5.24 Å². The second-order valence-corrected chi connectivity index (χ2v) is 3.58. The van der Waals surface area contributed by atoms with Gasteiger partial charge < -0.3 is 0 Å². The molecule has 0 saturated carbocycles.